The molecule has 0 radical (unpaired) electrons. The third-order valence-corrected chi connectivity index (χ3v) is 1.99. The first-order valence-corrected chi connectivity index (χ1v) is 4.60. The Morgan fingerprint density at radius 3 is 3.07 bits per heavy atom. The smallest absolute Gasteiger partial charge is 0.356 e. The highest BCUT2D eigenvalue weighted by atomic mass is 16.5. The van der Waals surface area contributed by atoms with Crippen LogP contribution in [0.3, 0.4) is 0 Å². The van der Waals surface area contributed by atoms with Gasteiger partial charge in [0, 0.05) is 19.9 Å². The van der Waals surface area contributed by atoms with E-state index in [2.05, 4.69) is 10.3 Å². The Hall–Kier alpha value is -1.62. The fourth-order valence-corrected chi connectivity index (χ4v) is 1.06. The topological polar surface area (TPSA) is 71.5 Å². The Bertz CT molecular complexity index is 341. The molecule has 5 nitrogen and oxygen atoms in total. The van der Waals surface area contributed by atoms with Gasteiger partial charge in [-0.15, -0.1) is 0 Å². The van der Waals surface area contributed by atoms with Crippen molar-refractivity contribution in [2.45, 2.75) is 13.0 Å². The first-order chi connectivity index (χ1) is 7.15. The fourth-order valence-electron chi connectivity index (χ4n) is 1.06. The molecule has 0 aliphatic carbocycles. The van der Waals surface area contributed by atoms with Gasteiger partial charge in [0.15, 0.2) is 5.69 Å². The van der Waals surface area contributed by atoms with Crippen LogP contribution >= 0.6 is 0 Å². The van der Waals surface area contributed by atoms with E-state index in [0.717, 1.165) is 0 Å². The molecule has 0 bridgehead atoms. The molecule has 1 rings (SSSR count). The average molecular weight is 210 g/mol. The molecular formula is C10H14N2O3. The van der Waals surface area contributed by atoms with Crippen LogP contribution < -0.4 is 5.32 Å². The summed E-state index contributed by atoms with van der Waals surface area (Å²) in [6.07, 6.45) is 1.47. The Kier molecular flexibility index (Phi) is 4.05. The number of rotatable bonds is 5. The van der Waals surface area contributed by atoms with Gasteiger partial charge in [0.1, 0.15) is 0 Å². The standard InChI is InChI=1S/C10H14N2O3/c1-7(15-2)6-12-8-4-3-5-11-9(8)10(13)14/h3-5,7,12H,6H2,1-2H3,(H,13,14). The number of nitrogens with one attached hydrogen (secondary N) is 1. The Morgan fingerprint density at radius 2 is 2.47 bits per heavy atom. The van der Waals surface area contributed by atoms with Crippen molar-refractivity contribution in [3.8, 4) is 0 Å². The van der Waals surface area contributed by atoms with Crippen LogP contribution in [0.15, 0.2) is 18.3 Å². The maximum atomic E-state index is 10.8. The van der Waals surface area contributed by atoms with Crippen LogP contribution in [0.4, 0.5) is 5.69 Å². The number of aromatic nitrogens is 1. The molecule has 5 heteroatoms. The van der Waals surface area contributed by atoms with Crippen molar-refractivity contribution >= 4 is 11.7 Å². The van der Waals surface area contributed by atoms with Gasteiger partial charge in [-0.3, -0.25) is 0 Å². The predicted octanol–water partition coefficient (Wildman–Crippen LogP) is 1.23. The summed E-state index contributed by atoms with van der Waals surface area (Å²) < 4.78 is 5.04. The molecule has 1 atom stereocenters. The molecule has 82 valence electrons. The molecule has 15 heavy (non-hydrogen) atoms. The quantitative estimate of drug-likeness (QED) is 0.764. The minimum atomic E-state index is -1.04. The lowest BCUT2D eigenvalue weighted by atomic mass is 10.3. The second-order valence-corrected chi connectivity index (χ2v) is 3.13. The van der Waals surface area contributed by atoms with Crippen molar-refractivity contribution in [2.24, 2.45) is 0 Å². The number of carboxylic acids is 1. The zero-order valence-electron chi connectivity index (χ0n) is 8.73. The number of aromatic carboxylic acids is 1. The molecule has 1 heterocycles. The van der Waals surface area contributed by atoms with Gasteiger partial charge in [-0.2, -0.15) is 0 Å². The molecule has 0 aliphatic rings. The lowest BCUT2D eigenvalue weighted by molar-refractivity contribution is 0.0691. The zero-order chi connectivity index (χ0) is 11.3. The van der Waals surface area contributed by atoms with E-state index in [4.69, 9.17) is 9.84 Å². The number of methoxy groups -OCH3 is 1. The van der Waals surface area contributed by atoms with Crippen LogP contribution in [0.1, 0.15) is 17.4 Å². The highest BCUT2D eigenvalue weighted by molar-refractivity contribution is 5.91. The SMILES string of the molecule is COC(C)CNc1cccnc1C(=O)O. The molecule has 1 aromatic heterocycles. The third-order valence-electron chi connectivity index (χ3n) is 1.99. The summed E-state index contributed by atoms with van der Waals surface area (Å²) in [5, 5.41) is 11.8. The Labute approximate surface area is 88.1 Å². The summed E-state index contributed by atoms with van der Waals surface area (Å²) in [5.74, 6) is -1.04. The largest absolute Gasteiger partial charge is 0.476 e. The van der Waals surface area contributed by atoms with E-state index in [0.29, 0.717) is 12.2 Å². The predicted molar refractivity (Wildman–Crippen MR) is 56.2 cm³/mol. The van der Waals surface area contributed by atoms with E-state index >= 15 is 0 Å². The zero-order valence-corrected chi connectivity index (χ0v) is 8.73. The summed E-state index contributed by atoms with van der Waals surface area (Å²) in [6, 6.07) is 3.37. The minimum absolute atomic E-state index is 0.0202. The highest BCUT2D eigenvalue weighted by Gasteiger charge is 2.10. The molecule has 0 amide bonds. The number of hydrogen-bond donors (Lipinski definition) is 2. The lowest BCUT2D eigenvalue weighted by Gasteiger charge is -2.12. The maximum Gasteiger partial charge on any atom is 0.356 e. The van der Waals surface area contributed by atoms with Crippen LogP contribution in [0.5, 0.6) is 0 Å². The highest BCUT2D eigenvalue weighted by Crippen LogP contribution is 2.11. The van der Waals surface area contributed by atoms with E-state index in [1.54, 1.807) is 19.2 Å². The third kappa shape index (κ3) is 3.21. The van der Waals surface area contributed by atoms with Crippen LogP contribution in [-0.2, 0) is 4.74 Å². The summed E-state index contributed by atoms with van der Waals surface area (Å²) in [5.41, 5.74) is 0.537. The molecule has 0 aromatic carbocycles. The Balaban J connectivity index is 2.72. The van der Waals surface area contributed by atoms with Gasteiger partial charge in [-0.25, -0.2) is 9.78 Å². The van der Waals surface area contributed by atoms with Crippen molar-refractivity contribution < 1.29 is 14.6 Å². The molecule has 2 N–H and O–H groups in total. The van der Waals surface area contributed by atoms with E-state index in [1.165, 1.54) is 6.20 Å². The average Bonchev–Trinajstić information content (AvgIpc) is 2.26. The normalized spacial score (nSPS) is 12.1. The molecule has 1 aromatic rings. The first-order valence-electron chi connectivity index (χ1n) is 4.60. The number of carbonyl (C=O) groups is 1. The summed E-state index contributed by atoms with van der Waals surface area (Å²) in [6.45, 7) is 2.44. The van der Waals surface area contributed by atoms with Gasteiger partial charge < -0.3 is 15.2 Å². The number of nitrogens with zero attached hydrogens (tertiary/aromatic N) is 1. The van der Waals surface area contributed by atoms with E-state index in [1.807, 2.05) is 6.92 Å². The van der Waals surface area contributed by atoms with E-state index < -0.39 is 5.97 Å². The molecule has 0 aliphatic heterocycles. The molecule has 0 saturated carbocycles. The second kappa shape index (κ2) is 5.31. The van der Waals surface area contributed by atoms with Crippen molar-refractivity contribution in [1.82, 2.24) is 4.98 Å². The van der Waals surface area contributed by atoms with Crippen LogP contribution in [0.2, 0.25) is 0 Å². The second-order valence-electron chi connectivity index (χ2n) is 3.13. The van der Waals surface area contributed by atoms with Crippen LogP contribution in [-0.4, -0.2) is 35.8 Å². The summed E-state index contributed by atoms with van der Waals surface area (Å²) >= 11 is 0. The van der Waals surface area contributed by atoms with Crippen molar-refractivity contribution in [2.75, 3.05) is 19.0 Å². The molecule has 0 fully saturated rings. The van der Waals surface area contributed by atoms with Gasteiger partial charge in [-0.1, -0.05) is 0 Å². The number of pyridine rings is 1. The van der Waals surface area contributed by atoms with Gasteiger partial charge in [0.25, 0.3) is 0 Å². The van der Waals surface area contributed by atoms with Gasteiger partial charge >= 0.3 is 5.97 Å². The monoisotopic (exact) mass is 210 g/mol. The fraction of sp³-hybridized carbons (Fsp3) is 0.400. The molecule has 0 saturated heterocycles. The number of carboxylic acid groups (broad SMARTS) is 1. The van der Waals surface area contributed by atoms with E-state index in [-0.39, 0.29) is 11.8 Å². The minimum Gasteiger partial charge on any atom is -0.476 e. The van der Waals surface area contributed by atoms with Crippen molar-refractivity contribution in [1.29, 1.82) is 0 Å². The first kappa shape index (κ1) is 11.5. The van der Waals surface area contributed by atoms with Gasteiger partial charge in [-0.05, 0) is 19.1 Å². The van der Waals surface area contributed by atoms with Gasteiger partial charge in [0.05, 0.1) is 11.8 Å². The molecular weight excluding hydrogens is 196 g/mol. The number of anilines is 1. The Morgan fingerprint density at radius 1 is 1.73 bits per heavy atom. The lowest BCUT2D eigenvalue weighted by Crippen LogP contribution is -2.19. The molecule has 0 spiro atoms. The number of hydrogen-bond acceptors (Lipinski definition) is 4. The number of ether oxygens (including phenoxy) is 1. The van der Waals surface area contributed by atoms with Gasteiger partial charge in [0.2, 0.25) is 0 Å². The van der Waals surface area contributed by atoms with Crippen molar-refractivity contribution in [3.05, 3.63) is 24.0 Å². The summed E-state index contributed by atoms with van der Waals surface area (Å²) in [4.78, 5) is 14.6. The van der Waals surface area contributed by atoms with E-state index in [9.17, 15) is 4.79 Å². The molecule has 1 unspecified atom stereocenters. The van der Waals surface area contributed by atoms with Crippen LogP contribution in [0.25, 0.3) is 0 Å². The van der Waals surface area contributed by atoms with Crippen molar-refractivity contribution in [3.63, 3.8) is 0 Å². The van der Waals surface area contributed by atoms with Crippen LogP contribution in [0, 0.1) is 0 Å². The maximum absolute atomic E-state index is 10.8. The summed E-state index contributed by atoms with van der Waals surface area (Å²) in [7, 11) is 1.60.